The van der Waals surface area contributed by atoms with E-state index < -0.39 is 40.6 Å². The van der Waals surface area contributed by atoms with Crippen molar-refractivity contribution in [1.29, 1.82) is 0 Å². The van der Waals surface area contributed by atoms with Crippen molar-refractivity contribution in [3.8, 4) is 0 Å². The summed E-state index contributed by atoms with van der Waals surface area (Å²) in [6, 6.07) is 4.74. The van der Waals surface area contributed by atoms with E-state index in [1.807, 2.05) is 0 Å². The molecule has 0 amide bonds. The van der Waals surface area contributed by atoms with Crippen molar-refractivity contribution in [3.05, 3.63) is 35.6 Å². The topological polar surface area (TPSA) is 72.2 Å². The quantitative estimate of drug-likeness (QED) is 0.812. The van der Waals surface area contributed by atoms with E-state index in [4.69, 9.17) is 5.73 Å². The first kappa shape index (κ1) is 14.9. The first-order chi connectivity index (χ1) is 8.24. The maximum absolute atomic E-state index is 12.8. The number of nitrogens with two attached hydrogens (primary N) is 1. The lowest BCUT2D eigenvalue weighted by Gasteiger charge is -2.14. The molecule has 3 N–H and O–H groups in total. The lowest BCUT2D eigenvalue weighted by atomic mass is 10.2. The van der Waals surface area contributed by atoms with Gasteiger partial charge in [-0.2, -0.15) is 0 Å². The van der Waals surface area contributed by atoms with Gasteiger partial charge in [-0.25, -0.2) is 26.3 Å². The number of benzene rings is 1. The van der Waals surface area contributed by atoms with Crippen LogP contribution in [0.4, 0.5) is 13.2 Å². The molecule has 0 spiro atoms. The van der Waals surface area contributed by atoms with E-state index in [-0.39, 0.29) is 0 Å². The van der Waals surface area contributed by atoms with Crippen molar-refractivity contribution >= 4 is 10.0 Å². The number of rotatable bonds is 6. The average Bonchev–Trinajstić information content (AvgIpc) is 2.30. The Morgan fingerprint density at radius 3 is 2.28 bits per heavy atom. The smallest absolute Gasteiger partial charge is 0.273 e. The molecule has 0 aliphatic heterocycles. The summed E-state index contributed by atoms with van der Waals surface area (Å²) in [5.41, 5.74) is 5.08. The van der Waals surface area contributed by atoms with Gasteiger partial charge < -0.3 is 5.73 Å². The van der Waals surface area contributed by atoms with Crippen LogP contribution in [-0.2, 0) is 15.8 Å². The molecule has 0 radical (unpaired) electrons. The average molecular weight is 282 g/mol. The number of hydrogen-bond acceptors (Lipinski definition) is 3. The molecule has 18 heavy (non-hydrogen) atoms. The van der Waals surface area contributed by atoms with Gasteiger partial charge in [0.2, 0.25) is 10.0 Å². The molecule has 0 bridgehead atoms. The van der Waals surface area contributed by atoms with Crippen molar-refractivity contribution in [3.63, 3.8) is 0 Å². The molecule has 0 fully saturated rings. The van der Waals surface area contributed by atoms with Crippen molar-refractivity contribution in [2.75, 3.05) is 13.1 Å². The standard InChI is InChI=1S/C10H13F3N2O2S/c11-9-3-1-8(2-4-9)5-18(16,17)15-7-10(12,13)6-14/h1-4,15H,5-7,14H2. The summed E-state index contributed by atoms with van der Waals surface area (Å²) in [4.78, 5) is 0. The molecule has 0 aliphatic carbocycles. The molecule has 1 rings (SSSR count). The lowest BCUT2D eigenvalue weighted by Crippen LogP contribution is -2.41. The highest BCUT2D eigenvalue weighted by atomic mass is 32.2. The molecule has 0 saturated carbocycles. The Morgan fingerprint density at radius 1 is 1.22 bits per heavy atom. The molecule has 102 valence electrons. The second-order valence-corrected chi connectivity index (χ2v) is 5.57. The van der Waals surface area contributed by atoms with E-state index in [0.29, 0.717) is 5.56 Å². The fourth-order valence-corrected chi connectivity index (χ4v) is 2.30. The third-order valence-corrected chi connectivity index (χ3v) is 3.42. The predicted octanol–water partition coefficient (Wildman–Crippen LogP) is 0.839. The van der Waals surface area contributed by atoms with Crippen LogP contribution < -0.4 is 10.5 Å². The molecule has 0 heterocycles. The van der Waals surface area contributed by atoms with Crippen LogP contribution in [0.25, 0.3) is 0 Å². The second kappa shape index (κ2) is 5.68. The van der Waals surface area contributed by atoms with Gasteiger partial charge in [0.05, 0.1) is 18.8 Å². The minimum atomic E-state index is -3.90. The second-order valence-electron chi connectivity index (χ2n) is 3.77. The van der Waals surface area contributed by atoms with E-state index in [1.54, 1.807) is 4.72 Å². The van der Waals surface area contributed by atoms with Crippen LogP contribution in [0.3, 0.4) is 0 Å². The molecular formula is C10H13F3N2O2S. The Labute approximate surface area is 103 Å². The number of alkyl halides is 2. The van der Waals surface area contributed by atoms with Gasteiger partial charge in [0, 0.05) is 0 Å². The molecule has 0 saturated heterocycles. The number of halogens is 3. The van der Waals surface area contributed by atoms with Gasteiger partial charge >= 0.3 is 0 Å². The van der Waals surface area contributed by atoms with Crippen LogP contribution >= 0.6 is 0 Å². The van der Waals surface area contributed by atoms with E-state index >= 15 is 0 Å². The van der Waals surface area contributed by atoms with Gasteiger partial charge in [-0.05, 0) is 17.7 Å². The molecule has 0 atom stereocenters. The number of sulfonamides is 1. The van der Waals surface area contributed by atoms with Crippen LogP contribution in [-0.4, -0.2) is 27.4 Å². The Kier molecular flexibility index (Phi) is 4.71. The van der Waals surface area contributed by atoms with E-state index in [1.165, 1.54) is 12.1 Å². The molecule has 1 aromatic carbocycles. The Balaban J connectivity index is 2.63. The summed E-state index contributed by atoms with van der Waals surface area (Å²) >= 11 is 0. The maximum atomic E-state index is 12.8. The third kappa shape index (κ3) is 5.03. The van der Waals surface area contributed by atoms with Crippen LogP contribution in [0, 0.1) is 5.82 Å². The fraction of sp³-hybridized carbons (Fsp3) is 0.400. The van der Waals surface area contributed by atoms with Crippen LogP contribution in [0.15, 0.2) is 24.3 Å². The Hall–Kier alpha value is -1.12. The highest BCUT2D eigenvalue weighted by Gasteiger charge is 2.28. The molecule has 0 aromatic heterocycles. The van der Waals surface area contributed by atoms with Gasteiger partial charge in [0.15, 0.2) is 0 Å². The summed E-state index contributed by atoms with van der Waals surface area (Å²) < 4.78 is 62.8. The van der Waals surface area contributed by atoms with E-state index in [2.05, 4.69) is 0 Å². The zero-order valence-corrected chi connectivity index (χ0v) is 10.2. The van der Waals surface area contributed by atoms with Gasteiger partial charge in [-0.15, -0.1) is 0 Å². The van der Waals surface area contributed by atoms with E-state index in [9.17, 15) is 21.6 Å². The SMILES string of the molecule is NCC(F)(F)CNS(=O)(=O)Cc1ccc(F)cc1. The van der Waals surface area contributed by atoms with Gasteiger partial charge in [-0.3, -0.25) is 0 Å². The minimum absolute atomic E-state index is 0.306. The predicted molar refractivity (Wildman–Crippen MR) is 61.0 cm³/mol. The fourth-order valence-electron chi connectivity index (χ4n) is 1.14. The minimum Gasteiger partial charge on any atom is -0.325 e. The number of nitrogens with one attached hydrogen (secondary N) is 1. The highest BCUT2D eigenvalue weighted by Crippen LogP contribution is 2.11. The zero-order valence-electron chi connectivity index (χ0n) is 9.37. The monoisotopic (exact) mass is 282 g/mol. The largest absolute Gasteiger partial charge is 0.325 e. The van der Waals surface area contributed by atoms with E-state index in [0.717, 1.165) is 12.1 Å². The summed E-state index contributed by atoms with van der Waals surface area (Å²) in [6.07, 6.45) is 0. The molecule has 0 unspecified atom stereocenters. The Morgan fingerprint density at radius 2 is 1.78 bits per heavy atom. The Bertz CT molecular complexity index is 488. The summed E-state index contributed by atoms with van der Waals surface area (Å²) in [6.45, 7) is -1.99. The molecule has 8 heteroatoms. The van der Waals surface area contributed by atoms with Crippen molar-refractivity contribution in [2.24, 2.45) is 5.73 Å². The van der Waals surface area contributed by atoms with Crippen molar-refractivity contribution in [2.45, 2.75) is 11.7 Å². The first-order valence-corrected chi connectivity index (χ1v) is 6.69. The van der Waals surface area contributed by atoms with Crippen LogP contribution in [0.2, 0.25) is 0 Å². The first-order valence-electron chi connectivity index (χ1n) is 5.04. The van der Waals surface area contributed by atoms with Gasteiger partial charge in [0.1, 0.15) is 5.82 Å². The number of hydrogen-bond donors (Lipinski definition) is 2. The zero-order chi connectivity index (χ0) is 13.8. The summed E-state index contributed by atoms with van der Waals surface area (Å²) in [5, 5.41) is 0. The van der Waals surface area contributed by atoms with Crippen LogP contribution in [0.5, 0.6) is 0 Å². The highest BCUT2D eigenvalue weighted by molar-refractivity contribution is 7.88. The third-order valence-electron chi connectivity index (χ3n) is 2.12. The summed E-state index contributed by atoms with van der Waals surface area (Å²) in [7, 11) is -3.90. The van der Waals surface area contributed by atoms with Crippen molar-refractivity contribution in [1.82, 2.24) is 4.72 Å². The van der Waals surface area contributed by atoms with Gasteiger partial charge in [0.25, 0.3) is 5.92 Å². The molecule has 0 aliphatic rings. The van der Waals surface area contributed by atoms with Crippen LogP contribution in [0.1, 0.15) is 5.56 Å². The molecule has 4 nitrogen and oxygen atoms in total. The maximum Gasteiger partial charge on any atom is 0.273 e. The molecule has 1 aromatic rings. The van der Waals surface area contributed by atoms with Crippen molar-refractivity contribution < 1.29 is 21.6 Å². The normalized spacial score (nSPS) is 12.7. The molecular weight excluding hydrogens is 269 g/mol. The lowest BCUT2D eigenvalue weighted by molar-refractivity contribution is 0.0170. The van der Waals surface area contributed by atoms with Gasteiger partial charge in [-0.1, -0.05) is 12.1 Å². The summed E-state index contributed by atoms with van der Waals surface area (Å²) in [5.74, 6) is -4.28.